The summed E-state index contributed by atoms with van der Waals surface area (Å²) >= 11 is 0. The molecular weight excluding hydrogens is 174 g/mol. The fraction of sp³-hybridized carbons (Fsp3) is 1.00. The van der Waals surface area contributed by atoms with Crippen LogP contribution in [0.25, 0.3) is 0 Å². The van der Waals surface area contributed by atoms with E-state index in [-0.39, 0.29) is 6.10 Å². The molecule has 14 heavy (non-hydrogen) atoms. The van der Waals surface area contributed by atoms with E-state index in [4.69, 9.17) is 0 Å². The van der Waals surface area contributed by atoms with E-state index in [2.05, 4.69) is 12.2 Å². The molecule has 0 saturated heterocycles. The number of aliphatic hydroxyl groups is 1. The van der Waals surface area contributed by atoms with Crippen LogP contribution < -0.4 is 5.32 Å². The van der Waals surface area contributed by atoms with E-state index >= 15 is 0 Å². The fourth-order valence-corrected chi connectivity index (χ4v) is 3.01. The Kier molecular flexibility index (Phi) is 3.45. The third kappa shape index (κ3) is 2.71. The van der Waals surface area contributed by atoms with Crippen LogP contribution in [0.5, 0.6) is 0 Å². The minimum atomic E-state index is -0.0416. The number of rotatable bonds is 2. The number of hydrogen-bond donors (Lipinski definition) is 2. The van der Waals surface area contributed by atoms with Crippen LogP contribution in [0.15, 0.2) is 0 Å². The molecule has 0 aliphatic heterocycles. The van der Waals surface area contributed by atoms with Crippen LogP contribution in [0, 0.1) is 5.92 Å². The molecule has 2 saturated carbocycles. The highest BCUT2D eigenvalue weighted by molar-refractivity contribution is 4.84. The molecule has 0 aromatic carbocycles. The van der Waals surface area contributed by atoms with E-state index in [0.717, 1.165) is 24.8 Å². The van der Waals surface area contributed by atoms with Gasteiger partial charge in [-0.3, -0.25) is 0 Å². The van der Waals surface area contributed by atoms with Crippen LogP contribution >= 0.6 is 0 Å². The fourth-order valence-electron chi connectivity index (χ4n) is 3.01. The molecule has 0 heterocycles. The summed E-state index contributed by atoms with van der Waals surface area (Å²) in [5, 5.41) is 13.3. The van der Waals surface area contributed by atoms with Gasteiger partial charge in [-0.25, -0.2) is 0 Å². The van der Waals surface area contributed by atoms with Gasteiger partial charge in [-0.15, -0.1) is 0 Å². The molecule has 4 unspecified atom stereocenters. The molecule has 2 aliphatic rings. The van der Waals surface area contributed by atoms with Crippen molar-refractivity contribution >= 4 is 0 Å². The van der Waals surface area contributed by atoms with E-state index < -0.39 is 0 Å². The molecule has 2 fully saturated rings. The van der Waals surface area contributed by atoms with Gasteiger partial charge in [-0.05, 0) is 50.9 Å². The van der Waals surface area contributed by atoms with Crippen molar-refractivity contribution in [3.8, 4) is 0 Å². The molecule has 2 nitrogen and oxygen atoms in total. The maximum absolute atomic E-state index is 9.57. The summed E-state index contributed by atoms with van der Waals surface area (Å²) in [5.41, 5.74) is 0. The lowest BCUT2D eigenvalue weighted by Gasteiger charge is -2.29. The average molecular weight is 197 g/mol. The Morgan fingerprint density at radius 2 is 1.79 bits per heavy atom. The molecule has 2 N–H and O–H groups in total. The van der Waals surface area contributed by atoms with Crippen LogP contribution in [0.3, 0.4) is 0 Å². The minimum absolute atomic E-state index is 0.0416. The molecule has 0 aromatic rings. The number of nitrogens with one attached hydrogen (secondary N) is 1. The second kappa shape index (κ2) is 4.63. The minimum Gasteiger partial charge on any atom is -0.393 e. The predicted molar refractivity (Wildman–Crippen MR) is 58.2 cm³/mol. The molecule has 0 radical (unpaired) electrons. The first-order valence-corrected chi connectivity index (χ1v) is 6.18. The molecule has 2 aliphatic carbocycles. The molecule has 0 spiro atoms. The van der Waals surface area contributed by atoms with Crippen molar-refractivity contribution in [3.05, 3.63) is 0 Å². The smallest absolute Gasteiger partial charge is 0.0555 e. The Labute approximate surface area is 87.1 Å². The van der Waals surface area contributed by atoms with E-state index in [0.29, 0.717) is 6.04 Å². The molecule has 82 valence electrons. The molecule has 0 amide bonds. The third-order valence-electron chi connectivity index (χ3n) is 3.81. The lowest BCUT2D eigenvalue weighted by atomic mass is 9.92. The zero-order chi connectivity index (χ0) is 9.97. The predicted octanol–water partition coefficient (Wildman–Crippen LogP) is 2.07. The highest BCUT2D eigenvalue weighted by atomic mass is 16.3. The summed E-state index contributed by atoms with van der Waals surface area (Å²) in [6.07, 6.45) is 8.47. The lowest BCUT2D eigenvalue weighted by Crippen LogP contribution is -2.41. The van der Waals surface area contributed by atoms with Gasteiger partial charge in [-0.1, -0.05) is 6.92 Å². The molecule has 2 heteroatoms. The number of hydrogen-bond acceptors (Lipinski definition) is 2. The Bertz CT molecular complexity index is 183. The van der Waals surface area contributed by atoms with Crippen LogP contribution in [0.1, 0.15) is 51.9 Å². The normalized spacial score (nSPS) is 44.1. The van der Waals surface area contributed by atoms with Gasteiger partial charge in [0.15, 0.2) is 0 Å². The van der Waals surface area contributed by atoms with Crippen molar-refractivity contribution in [1.82, 2.24) is 5.32 Å². The van der Waals surface area contributed by atoms with Crippen molar-refractivity contribution in [1.29, 1.82) is 0 Å². The third-order valence-corrected chi connectivity index (χ3v) is 3.81. The molecule has 2 rings (SSSR count). The van der Waals surface area contributed by atoms with E-state index in [1.165, 1.54) is 32.1 Å². The van der Waals surface area contributed by atoms with Gasteiger partial charge < -0.3 is 10.4 Å². The van der Waals surface area contributed by atoms with Crippen LogP contribution in [-0.4, -0.2) is 23.3 Å². The van der Waals surface area contributed by atoms with Gasteiger partial charge in [0.05, 0.1) is 6.10 Å². The average Bonchev–Trinajstić information content (AvgIpc) is 2.51. The van der Waals surface area contributed by atoms with Crippen molar-refractivity contribution in [2.75, 3.05) is 0 Å². The van der Waals surface area contributed by atoms with Crippen LogP contribution in [-0.2, 0) is 0 Å². The largest absolute Gasteiger partial charge is 0.393 e. The quantitative estimate of drug-likeness (QED) is 0.710. The standard InChI is InChI=1S/C12H23NO/c1-9-5-6-11(7-9)13-10-3-2-4-12(14)8-10/h9-14H,2-8H2,1H3. The first-order valence-electron chi connectivity index (χ1n) is 6.18. The second-order valence-corrected chi connectivity index (χ2v) is 5.30. The summed E-state index contributed by atoms with van der Waals surface area (Å²) in [6.45, 7) is 2.34. The lowest BCUT2D eigenvalue weighted by molar-refractivity contribution is 0.108. The molecule has 0 bridgehead atoms. The van der Waals surface area contributed by atoms with Gasteiger partial charge in [0.2, 0.25) is 0 Å². The highest BCUT2D eigenvalue weighted by Crippen LogP contribution is 2.27. The summed E-state index contributed by atoms with van der Waals surface area (Å²) < 4.78 is 0. The van der Waals surface area contributed by atoms with Gasteiger partial charge >= 0.3 is 0 Å². The topological polar surface area (TPSA) is 32.3 Å². The van der Waals surface area contributed by atoms with Crippen LogP contribution in [0.2, 0.25) is 0 Å². The van der Waals surface area contributed by atoms with E-state index in [9.17, 15) is 5.11 Å². The van der Waals surface area contributed by atoms with Crippen molar-refractivity contribution in [3.63, 3.8) is 0 Å². The second-order valence-electron chi connectivity index (χ2n) is 5.30. The SMILES string of the molecule is CC1CCC(NC2CCCC(O)C2)C1. The van der Waals surface area contributed by atoms with Gasteiger partial charge in [-0.2, -0.15) is 0 Å². The summed E-state index contributed by atoms with van der Waals surface area (Å²) in [6, 6.07) is 1.33. The van der Waals surface area contributed by atoms with E-state index in [1.807, 2.05) is 0 Å². The van der Waals surface area contributed by atoms with Crippen molar-refractivity contribution < 1.29 is 5.11 Å². The summed E-state index contributed by atoms with van der Waals surface area (Å²) in [7, 11) is 0. The molecule has 0 aromatic heterocycles. The maximum atomic E-state index is 9.57. The Morgan fingerprint density at radius 1 is 1.00 bits per heavy atom. The molecule has 4 atom stereocenters. The summed E-state index contributed by atoms with van der Waals surface area (Å²) in [5.74, 6) is 0.904. The van der Waals surface area contributed by atoms with E-state index in [1.54, 1.807) is 0 Å². The van der Waals surface area contributed by atoms with Crippen LogP contribution in [0.4, 0.5) is 0 Å². The zero-order valence-corrected chi connectivity index (χ0v) is 9.21. The highest BCUT2D eigenvalue weighted by Gasteiger charge is 2.26. The molecular formula is C12H23NO. The Hall–Kier alpha value is -0.0800. The maximum Gasteiger partial charge on any atom is 0.0555 e. The number of aliphatic hydroxyl groups excluding tert-OH is 1. The van der Waals surface area contributed by atoms with Gasteiger partial charge in [0.25, 0.3) is 0 Å². The van der Waals surface area contributed by atoms with Gasteiger partial charge in [0.1, 0.15) is 0 Å². The first kappa shape index (κ1) is 10.4. The monoisotopic (exact) mass is 197 g/mol. The Balaban J connectivity index is 1.74. The zero-order valence-electron chi connectivity index (χ0n) is 9.21. The van der Waals surface area contributed by atoms with Crippen molar-refractivity contribution in [2.45, 2.75) is 70.1 Å². The summed E-state index contributed by atoms with van der Waals surface area (Å²) in [4.78, 5) is 0. The van der Waals surface area contributed by atoms with Gasteiger partial charge in [0, 0.05) is 12.1 Å². The van der Waals surface area contributed by atoms with Crippen molar-refractivity contribution in [2.24, 2.45) is 5.92 Å². The Morgan fingerprint density at radius 3 is 2.43 bits per heavy atom. The first-order chi connectivity index (χ1) is 6.74.